The van der Waals surface area contributed by atoms with Crippen LogP contribution in [0.15, 0.2) is 53.5 Å². The molecule has 2 aromatic rings. The van der Waals surface area contributed by atoms with Gasteiger partial charge in [0.05, 0.1) is 6.04 Å². The molecular formula is C18H19ClN2S. The van der Waals surface area contributed by atoms with Crippen LogP contribution in [0.25, 0.3) is 0 Å². The van der Waals surface area contributed by atoms with Crippen molar-refractivity contribution in [2.75, 3.05) is 12.3 Å². The fraction of sp³-hybridized carbons (Fsp3) is 0.278. The number of aliphatic imine (C=N–C) groups is 1. The molecule has 1 aliphatic heterocycles. The first kappa shape index (κ1) is 15.4. The Morgan fingerprint density at radius 3 is 2.73 bits per heavy atom. The molecule has 0 spiro atoms. The molecule has 0 amide bonds. The number of amidine groups is 1. The maximum atomic E-state index is 6.16. The highest BCUT2D eigenvalue weighted by Crippen LogP contribution is 2.26. The van der Waals surface area contributed by atoms with Gasteiger partial charge in [-0.3, -0.25) is 4.99 Å². The Morgan fingerprint density at radius 1 is 1.23 bits per heavy atom. The van der Waals surface area contributed by atoms with Crippen molar-refractivity contribution in [1.82, 2.24) is 5.32 Å². The molecule has 4 heteroatoms. The van der Waals surface area contributed by atoms with E-state index in [0.717, 1.165) is 34.5 Å². The van der Waals surface area contributed by atoms with Crippen LogP contribution in [0.1, 0.15) is 22.7 Å². The summed E-state index contributed by atoms with van der Waals surface area (Å²) in [7, 11) is 0. The summed E-state index contributed by atoms with van der Waals surface area (Å²) in [6, 6.07) is 16.8. The molecule has 0 radical (unpaired) electrons. The fourth-order valence-electron chi connectivity index (χ4n) is 2.48. The van der Waals surface area contributed by atoms with Gasteiger partial charge in [-0.05, 0) is 36.6 Å². The number of benzene rings is 2. The van der Waals surface area contributed by atoms with E-state index < -0.39 is 0 Å². The average Bonchev–Trinajstić information content (AvgIpc) is 3.02. The van der Waals surface area contributed by atoms with Crippen LogP contribution in [0.5, 0.6) is 0 Å². The zero-order chi connectivity index (χ0) is 15.4. The van der Waals surface area contributed by atoms with E-state index in [2.05, 4.69) is 42.6 Å². The minimum Gasteiger partial charge on any atom is -0.364 e. The molecule has 3 rings (SSSR count). The fourth-order valence-corrected chi connectivity index (χ4v) is 3.48. The summed E-state index contributed by atoms with van der Waals surface area (Å²) >= 11 is 7.95. The highest BCUT2D eigenvalue weighted by Gasteiger charge is 2.15. The number of hydrogen-bond acceptors (Lipinski definition) is 2. The number of aryl methyl sites for hydroxylation is 1. The van der Waals surface area contributed by atoms with Gasteiger partial charge in [-0.1, -0.05) is 65.3 Å². The van der Waals surface area contributed by atoms with E-state index in [0.29, 0.717) is 0 Å². The Bertz CT molecular complexity index is 659. The second kappa shape index (κ2) is 7.21. The summed E-state index contributed by atoms with van der Waals surface area (Å²) in [5.74, 6) is 1.09. The molecule has 2 nitrogen and oxygen atoms in total. The van der Waals surface area contributed by atoms with Crippen molar-refractivity contribution in [2.24, 2.45) is 4.99 Å². The Hall–Kier alpha value is -1.45. The van der Waals surface area contributed by atoms with Crippen molar-refractivity contribution in [3.63, 3.8) is 0 Å². The van der Waals surface area contributed by atoms with Crippen molar-refractivity contribution in [3.05, 3.63) is 70.2 Å². The first-order chi connectivity index (χ1) is 10.7. The summed E-state index contributed by atoms with van der Waals surface area (Å²) in [4.78, 5) is 4.91. The summed E-state index contributed by atoms with van der Waals surface area (Å²) in [5, 5.41) is 5.15. The van der Waals surface area contributed by atoms with E-state index >= 15 is 0 Å². The first-order valence-electron chi connectivity index (χ1n) is 7.46. The lowest BCUT2D eigenvalue weighted by Crippen LogP contribution is -2.15. The minimum atomic E-state index is 0.0921. The number of halogens is 1. The molecular weight excluding hydrogens is 312 g/mol. The SMILES string of the molecule is Cc1ccc(CC(/N=C2/NCCS2)c2cccc(Cl)c2)cc1. The maximum Gasteiger partial charge on any atom is 0.157 e. The zero-order valence-electron chi connectivity index (χ0n) is 12.6. The van der Waals surface area contributed by atoms with Gasteiger partial charge in [0.2, 0.25) is 0 Å². The molecule has 0 saturated carbocycles. The van der Waals surface area contributed by atoms with E-state index in [9.17, 15) is 0 Å². The van der Waals surface area contributed by atoms with Crippen molar-refractivity contribution in [2.45, 2.75) is 19.4 Å². The highest BCUT2D eigenvalue weighted by atomic mass is 35.5. The highest BCUT2D eigenvalue weighted by molar-refractivity contribution is 8.14. The van der Waals surface area contributed by atoms with Gasteiger partial charge in [-0.15, -0.1) is 0 Å². The Balaban J connectivity index is 1.88. The monoisotopic (exact) mass is 330 g/mol. The summed E-state index contributed by atoms with van der Waals surface area (Å²) in [5.41, 5.74) is 3.74. The average molecular weight is 331 g/mol. The lowest BCUT2D eigenvalue weighted by molar-refractivity contribution is 0.721. The molecule has 114 valence electrons. The third-order valence-electron chi connectivity index (χ3n) is 3.67. The summed E-state index contributed by atoms with van der Waals surface area (Å²) in [6.07, 6.45) is 0.881. The number of rotatable bonds is 4. The maximum absolute atomic E-state index is 6.16. The lowest BCUT2D eigenvalue weighted by atomic mass is 9.99. The molecule has 1 heterocycles. The van der Waals surface area contributed by atoms with Crippen LogP contribution in [0.3, 0.4) is 0 Å². The molecule has 22 heavy (non-hydrogen) atoms. The largest absolute Gasteiger partial charge is 0.364 e. The van der Waals surface area contributed by atoms with Crippen LogP contribution in [0.2, 0.25) is 5.02 Å². The van der Waals surface area contributed by atoms with Crippen LogP contribution in [0, 0.1) is 6.92 Å². The molecule has 1 atom stereocenters. The Morgan fingerprint density at radius 2 is 2.05 bits per heavy atom. The van der Waals surface area contributed by atoms with Gasteiger partial charge in [0, 0.05) is 17.3 Å². The smallest absolute Gasteiger partial charge is 0.157 e. The van der Waals surface area contributed by atoms with Gasteiger partial charge in [0.15, 0.2) is 5.17 Å². The molecule has 0 aliphatic carbocycles. The van der Waals surface area contributed by atoms with Crippen LogP contribution >= 0.6 is 23.4 Å². The number of nitrogens with zero attached hydrogens (tertiary/aromatic N) is 1. The van der Waals surface area contributed by atoms with Crippen LogP contribution in [-0.2, 0) is 6.42 Å². The molecule has 1 aliphatic rings. The third kappa shape index (κ3) is 4.05. The van der Waals surface area contributed by atoms with Gasteiger partial charge in [0.1, 0.15) is 0 Å². The van der Waals surface area contributed by atoms with E-state index in [1.54, 1.807) is 11.8 Å². The Labute approximate surface area is 141 Å². The van der Waals surface area contributed by atoms with E-state index in [1.165, 1.54) is 11.1 Å². The molecule has 2 aromatic carbocycles. The second-order valence-electron chi connectivity index (χ2n) is 5.47. The number of nitrogens with one attached hydrogen (secondary N) is 1. The number of hydrogen-bond donors (Lipinski definition) is 1. The quantitative estimate of drug-likeness (QED) is 0.884. The molecule has 1 N–H and O–H groups in total. The summed E-state index contributed by atoms with van der Waals surface area (Å²) < 4.78 is 0. The van der Waals surface area contributed by atoms with Gasteiger partial charge in [-0.2, -0.15) is 0 Å². The van der Waals surface area contributed by atoms with Crippen LogP contribution in [-0.4, -0.2) is 17.5 Å². The van der Waals surface area contributed by atoms with Crippen molar-refractivity contribution < 1.29 is 0 Å². The van der Waals surface area contributed by atoms with Gasteiger partial charge in [-0.25, -0.2) is 0 Å². The topological polar surface area (TPSA) is 24.4 Å². The van der Waals surface area contributed by atoms with Crippen molar-refractivity contribution in [1.29, 1.82) is 0 Å². The van der Waals surface area contributed by atoms with Crippen LogP contribution < -0.4 is 5.32 Å². The zero-order valence-corrected chi connectivity index (χ0v) is 14.1. The predicted molar refractivity (Wildman–Crippen MR) is 97.0 cm³/mol. The summed E-state index contributed by atoms with van der Waals surface area (Å²) in [6.45, 7) is 3.11. The number of thioether (sulfide) groups is 1. The minimum absolute atomic E-state index is 0.0921. The second-order valence-corrected chi connectivity index (χ2v) is 6.99. The van der Waals surface area contributed by atoms with Crippen molar-refractivity contribution >= 4 is 28.5 Å². The van der Waals surface area contributed by atoms with Gasteiger partial charge in [0.25, 0.3) is 0 Å². The van der Waals surface area contributed by atoms with Crippen molar-refractivity contribution in [3.8, 4) is 0 Å². The van der Waals surface area contributed by atoms with Crippen LogP contribution in [0.4, 0.5) is 0 Å². The van der Waals surface area contributed by atoms with E-state index in [1.807, 2.05) is 18.2 Å². The molecule has 1 saturated heterocycles. The van der Waals surface area contributed by atoms with Gasteiger partial charge >= 0.3 is 0 Å². The van der Waals surface area contributed by atoms with Gasteiger partial charge < -0.3 is 5.32 Å². The standard InChI is InChI=1S/C18H19ClN2S/c1-13-5-7-14(8-6-13)11-17(21-18-20-9-10-22-18)15-3-2-4-16(19)12-15/h2-8,12,17H,9-11H2,1H3,(H,20,21). The normalized spacial score (nSPS) is 17.5. The molecule has 0 bridgehead atoms. The molecule has 1 fully saturated rings. The van der Waals surface area contributed by atoms with E-state index in [-0.39, 0.29) is 6.04 Å². The molecule has 0 aromatic heterocycles. The predicted octanol–water partition coefficient (Wildman–Crippen LogP) is 4.62. The Kier molecular flexibility index (Phi) is 5.06. The van der Waals surface area contributed by atoms with E-state index in [4.69, 9.17) is 16.6 Å². The first-order valence-corrected chi connectivity index (χ1v) is 8.82. The third-order valence-corrected chi connectivity index (χ3v) is 4.84. The molecule has 1 unspecified atom stereocenters. The lowest BCUT2D eigenvalue weighted by Gasteiger charge is -2.15.